The lowest BCUT2D eigenvalue weighted by Crippen LogP contribution is -2.01. The quantitative estimate of drug-likeness (QED) is 0.625. The highest BCUT2D eigenvalue weighted by atomic mass is 35.5. The molecule has 0 fully saturated rings. The van der Waals surface area contributed by atoms with Crippen molar-refractivity contribution >= 4 is 22.4 Å². The first-order valence-electron chi connectivity index (χ1n) is 7.10. The minimum absolute atomic E-state index is 0.673. The van der Waals surface area contributed by atoms with E-state index in [1.165, 1.54) is 0 Å². The highest BCUT2D eigenvalue weighted by molar-refractivity contribution is 6.37. The van der Waals surface area contributed by atoms with E-state index in [-0.39, 0.29) is 0 Å². The molecule has 0 bridgehead atoms. The Morgan fingerprint density at radius 2 is 2.00 bits per heavy atom. The van der Waals surface area contributed by atoms with E-state index in [4.69, 9.17) is 16.3 Å². The number of hydrogen-bond donors (Lipinski definition) is 0. The van der Waals surface area contributed by atoms with E-state index in [9.17, 15) is 0 Å². The van der Waals surface area contributed by atoms with Crippen LogP contribution in [0.4, 0.5) is 0 Å². The van der Waals surface area contributed by atoms with Crippen LogP contribution in [0.3, 0.4) is 0 Å². The van der Waals surface area contributed by atoms with Crippen molar-refractivity contribution in [3.8, 4) is 5.75 Å². The average Bonchev–Trinajstić information content (AvgIpc) is 3.03. The normalized spacial score (nSPS) is 10.9. The summed E-state index contributed by atoms with van der Waals surface area (Å²) in [5.41, 5.74) is 0. The zero-order valence-electron chi connectivity index (χ0n) is 11.7. The number of fused-ring (bicyclic) bond motifs is 1. The second-order valence-corrected chi connectivity index (χ2v) is 5.33. The van der Waals surface area contributed by atoms with E-state index >= 15 is 0 Å². The molecule has 0 spiro atoms. The molecule has 0 atom stereocenters. The van der Waals surface area contributed by atoms with Crippen LogP contribution in [0.5, 0.6) is 5.75 Å². The number of rotatable bonds is 6. The van der Waals surface area contributed by atoms with Gasteiger partial charge in [-0.1, -0.05) is 41.9 Å². The van der Waals surface area contributed by atoms with E-state index in [0.717, 1.165) is 35.9 Å². The fourth-order valence-electron chi connectivity index (χ4n) is 2.32. The molecule has 4 heteroatoms. The molecule has 1 aromatic heterocycles. The topological polar surface area (TPSA) is 27.1 Å². The number of unbranched alkanes of at least 4 members (excludes halogenated alkanes) is 1. The Hall–Kier alpha value is -2.00. The Morgan fingerprint density at radius 3 is 2.86 bits per heavy atom. The van der Waals surface area contributed by atoms with E-state index in [2.05, 4.69) is 15.6 Å². The molecule has 0 saturated carbocycles. The van der Waals surface area contributed by atoms with Crippen LogP contribution >= 0.6 is 11.6 Å². The molecule has 0 aliphatic rings. The zero-order valence-corrected chi connectivity index (χ0v) is 12.5. The van der Waals surface area contributed by atoms with Crippen molar-refractivity contribution in [2.75, 3.05) is 6.61 Å². The maximum absolute atomic E-state index is 6.40. The Bertz CT molecular complexity index is 710. The van der Waals surface area contributed by atoms with Crippen LogP contribution in [-0.4, -0.2) is 16.2 Å². The lowest BCUT2D eigenvalue weighted by molar-refractivity contribution is 0.304. The van der Waals surface area contributed by atoms with Gasteiger partial charge in [-0.05, 0) is 24.3 Å². The number of halogens is 1. The predicted molar refractivity (Wildman–Crippen MR) is 85.9 cm³/mol. The molecule has 0 N–H and O–H groups in total. The number of imidazole rings is 1. The SMILES string of the molecule is Clc1c(OCCCCn2ccnc2)ccc2ccccc12. The number of aromatic nitrogens is 2. The molecule has 1 heterocycles. The highest BCUT2D eigenvalue weighted by Gasteiger charge is 2.05. The van der Waals surface area contributed by atoms with Crippen molar-refractivity contribution in [1.82, 2.24) is 9.55 Å². The number of ether oxygens (including phenoxy) is 1. The van der Waals surface area contributed by atoms with Crippen molar-refractivity contribution in [3.63, 3.8) is 0 Å². The summed E-state index contributed by atoms with van der Waals surface area (Å²) in [5, 5.41) is 2.87. The second kappa shape index (κ2) is 6.64. The molecule has 3 nitrogen and oxygen atoms in total. The van der Waals surface area contributed by atoms with Crippen LogP contribution in [0.25, 0.3) is 10.8 Å². The van der Waals surface area contributed by atoms with Crippen LogP contribution < -0.4 is 4.74 Å². The molecule has 0 aliphatic carbocycles. The molecular formula is C17H17ClN2O. The number of hydrogen-bond acceptors (Lipinski definition) is 2. The van der Waals surface area contributed by atoms with Crippen molar-refractivity contribution < 1.29 is 4.74 Å². The third-order valence-electron chi connectivity index (χ3n) is 3.46. The second-order valence-electron chi connectivity index (χ2n) is 4.95. The molecule has 21 heavy (non-hydrogen) atoms. The molecule has 2 aromatic carbocycles. The van der Waals surface area contributed by atoms with Gasteiger partial charge in [0.05, 0.1) is 18.0 Å². The fraction of sp³-hybridized carbons (Fsp3) is 0.235. The Morgan fingerprint density at radius 1 is 1.10 bits per heavy atom. The summed E-state index contributed by atoms with van der Waals surface area (Å²) in [6, 6.07) is 12.1. The van der Waals surface area contributed by atoms with Gasteiger partial charge in [0.1, 0.15) is 5.75 Å². The van der Waals surface area contributed by atoms with Gasteiger partial charge < -0.3 is 9.30 Å². The summed E-state index contributed by atoms with van der Waals surface area (Å²) < 4.78 is 7.88. The van der Waals surface area contributed by atoms with Gasteiger partial charge in [0.25, 0.3) is 0 Å². The van der Waals surface area contributed by atoms with Crippen molar-refractivity contribution in [2.24, 2.45) is 0 Å². The summed E-state index contributed by atoms with van der Waals surface area (Å²) in [5.74, 6) is 0.762. The van der Waals surface area contributed by atoms with Crippen LogP contribution in [-0.2, 0) is 6.54 Å². The van der Waals surface area contributed by atoms with Crippen LogP contribution in [0.15, 0.2) is 55.1 Å². The van der Waals surface area contributed by atoms with Gasteiger partial charge in [0, 0.05) is 24.3 Å². The van der Waals surface area contributed by atoms with Crippen LogP contribution in [0.1, 0.15) is 12.8 Å². The summed E-state index contributed by atoms with van der Waals surface area (Å²) in [6.07, 6.45) is 7.65. The highest BCUT2D eigenvalue weighted by Crippen LogP contribution is 2.32. The molecule has 0 saturated heterocycles. The molecule has 0 aliphatic heterocycles. The lowest BCUT2D eigenvalue weighted by atomic mass is 10.1. The first-order valence-corrected chi connectivity index (χ1v) is 7.48. The Labute approximate surface area is 129 Å². The molecular weight excluding hydrogens is 284 g/mol. The molecule has 0 amide bonds. The van der Waals surface area contributed by atoms with Gasteiger partial charge in [-0.3, -0.25) is 0 Å². The molecule has 108 valence electrons. The Balaban J connectivity index is 1.54. The van der Waals surface area contributed by atoms with Crippen LogP contribution in [0, 0.1) is 0 Å². The van der Waals surface area contributed by atoms with E-state index in [0.29, 0.717) is 11.6 Å². The third kappa shape index (κ3) is 3.37. The summed E-state index contributed by atoms with van der Waals surface area (Å²) in [6.45, 7) is 1.64. The maximum Gasteiger partial charge on any atom is 0.138 e. The smallest absolute Gasteiger partial charge is 0.138 e. The van der Waals surface area contributed by atoms with Crippen molar-refractivity contribution in [3.05, 3.63) is 60.1 Å². The summed E-state index contributed by atoms with van der Waals surface area (Å²) in [4.78, 5) is 4.02. The van der Waals surface area contributed by atoms with Gasteiger partial charge in [0.2, 0.25) is 0 Å². The first-order chi connectivity index (χ1) is 10.3. The maximum atomic E-state index is 6.40. The monoisotopic (exact) mass is 300 g/mol. The third-order valence-corrected chi connectivity index (χ3v) is 3.85. The lowest BCUT2D eigenvalue weighted by Gasteiger charge is -2.10. The average molecular weight is 301 g/mol. The van der Waals surface area contributed by atoms with E-state index < -0.39 is 0 Å². The minimum Gasteiger partial charge on any atom is -0.492 e. The van der Waals surface area contributed by atoms with Gasteiger partial charge in [-0.2, -0.15) is 0 Å². The minimum atomic E-state index is 0.673. The molecule has 3 aromatic rings. The first kappa shape index (κ1) is 14.0. The molecule has 0 unspecified atom stereocenters. The van der Waals surface area contributed by atoms with Crippen molar-refractivity contribution in [1.29, 1.82) is 0 Å². The van der Waals surface area contributed by atoms with Gasteiger partial charge in [0.15, 0.2) is 0 Å². The van der Waals surface area contributed by atoms with Gasteiger partial charge >= 0.3 is 0 Å². The van der Waals surface area contributed by atoms with Crippen LogP contribution in [0.2, 0.25) is 5.02 Å². The number of nitrogens with zero attached hydrogens (tertiary/aromatic N) is 2. The molecule has 0 radical (unpaired) electrons. The predicted octanol–water partition coefficient (Wildman–Crippen LogP) is 4.55. The number of benzene rings is 2. The molecule has 3 rings (SSSR count). The van der Waals surface area contributed by atoms with E-state index in [1.807, 2.05) is 42.9 Å². The fourth-order valence-corrected chi connectivity index (χ4v) is 2.61. The van der Waals surface area contributed by atoms with E-state index in [1.54, 1.807) is 6.20 Å². The summed E-state index contributed by atoms with van der Waals surface area (Å²) >= 11 is 6.40. The Kier molecular flexibility index (Phi) is 4.41. The zero-order chi connectivity index (χ0) is 14.5. The standard InChI is InChI=1S/C17H17ClN2O/c18-17-15-6-2-1-5-14(15)7-8-16(17)21-12-4-3-10-20-11-9-19-13-20/h1-2,5-9,11,13H,3-4,10,12H2. The van der Waals surface area contributed by atoms with Gasteiger partial charge in [-0.25, -0.2) is 4.98 Å². The summed E-state index contributed by atoms with van der Waals surface area (Å²) in [7, 11) is 0. The van der Waals surface area contributed by atoms with Gasteiger partial charge in [-0.15, -0.1) is 0 Å². The largest absolute Gasteiger partial charge is 0.492 e. The number of aryl methyl sites for hydroxylation is 1. The van der Waals surface area contributed by atoms with Crippen molar-refractivity contribution in [2.45, 2.75) is 19.4 Å².